The maximum Gasteiger partial charge on any atom is 0.145 e. The number of hydrogen-bond donors (Lipinski definition) is 1. The van der Waals surface area contributed by atoms with Crippen LogP contribution in [0.15, 0.2) is 30.8 Å². The molecule has 16 heavy (non-hydrogen) atoms. The largest absolute Gasteiger partial charge is 0.310 e. The zero-order valence-electron chi connectivity index (χ0n) is 8.98. The maximum absolute atomic E-state index is 8.60. The van der Waals surface area contributed by atoms with Gasteiger partial charge in [-0.1, -0.05) is 36.9 Å². The number of rotatable bonds is 5. The van der Waals surface area contributed by atoms with E-state index in [9.17, 15) is 0 Å². The van der Waals surface area contributed by atoms with Crippen LogP contribution < -0.4 is 5.32 Å². The second kappa shape index (κ2) is 6.40. The molecule has 0 fully saturated rings. The minimum absolute atomic E-state index is 0.387. The molecule has 1 rings (SSSR count). The van der Waals surface area contributed by atoms with Gasteiger partial charge in [0.05, 0.1) is 12.1 Å². The molecule has 0 atom stereocenters. The fourth-order valence-corrected chi connectivity index (χ4v) is 1.37. The van der Waals surface area contributed by atoms with E-state index in [0.29, 0.717) is 13.1 Å². The Kier molecular flexibility index (Phi) is 4.79. The lowest BCUT2D eigenvalue weighted by Crippen LogP contribution is -2.21. The first-order valence-electron chi connectivity index (χ1n) is 5.02. The van der Waals surface area contributed by atoms with Crippen molar-refractivity contribution in [3.8, 4) is 12.1 Å². The van der Waals surface area contributed by atoms with Gasteiger partial charge >= 0.3 is 0 Å². The molecule has 0 heterocycles. The Hall–Kier alpha value is -2.10. The molecule has 0 aliphatic carbocycles. The van der Waals surface area contributed by atoms with E-state index < -0.39 is 5.92 Å². The summed E-state index contributed by atoms with van der Waals surface area (Å²) in [5, 5.41) is 20.3. The SMILES string of the molecule is C=Cc1ccccc1CNCC(C#N)C#N. The van der Waals surface area contributed by atoms with Gasteiger partial charge in [-0.2, -0.15) is 10.5 Å². The summed E-state index contributed by atoms with van der Waals surface area (Å²) in [6.45, 7) is 4.76. The fraction of sp³-hybridized carbons (Fsp3) is 0.231. The number of benzene rings is 1. The van der Waals surface area contributed by atoms with Crippen LogP contribution in [-0.4, -0.2) is 6.54 Å². The number of nitrogens with one attached hydrogen (secondary N) is 1. The lowest BCUT2D eigenvalue weighted by Gasteiger charge is -2.07. The summed E-state index contributed by atoms with van der Waals surface area (Å²) in [5.41, 5.74) is 2.19. The third-order valence-electron chi connectivity index (χ3n) is 2.25. The van der Waals surface area contributed by atoms with Gasteiger partial charge in [0.15, 0.2) is 0 Å². The predicted molar refractivity (Wildman–Crippen MR) is 63.0 cm³/mol. The predicted octanol–water partition coefficient (Wildman–Crippen LogP) is 2.08. The van der Waals surface area contributed by atoms with Crippen molar-refractivity contribution in [3.05, 3.63) is 42.0 Å². The molecule has 0 aliphatic rings. The van der Waals surface area contributed by atoms with Gasteiger partial charge < -0.3 is 5.32 Å². The summed E-state index contributed by atoms with van der Waals surface area (Å²) in [6, 6.07) is 11.7. The first-order chi connectivity index (χ1) is 7.81. The number of nitrogens with zero attached hydrogens (tertiary/aromatic N) is 2. The minimum Gasteiger partial charge on any atom is -0.310 e. The Morgan fingerprint density at radius 2 is 2.00 bits per heavy atom. The van der Waals surface area contributed by atoms with E-state index in [-0.39, 0.29) is 0 Å². The lowest BCUT2D eigenvalue weighted by atomic mass is 10.1. The average molecular weight is 211 g/mol. The molecule has 3 nitrogen and oxygen atoms in total. The first kappa shape index (κ1) is 12.0. The van der Waals surface area contributed by atoms with Crippen LogP contribution >= 0.6 is 0 Å². The van der Waals surface area contributed by atoms with Crippen molar-refractivity contribution < 1.29 is 0 Å². The molecule has 0 saturated carbocycles. The molecular weight excluding hydrogens is 198 g/mol. The van der Waals surface area contributed by atoms with Crippen molar-refractivity contribution in [1.82, 2.24) is 5.32 Å². The molecule has 1 aromatic carbocycles. The second-order valence-electron chi connectivity index (χ2n) is 3.34. The van der Waals surface area contributed by atoms with Crippen molar-refractivity contribution in [3.63, 3.8) is 0 Å². The number of nitriles is 2. The highest BCUT2D eigenvalue weighted by Crippen LogP contribution is 2.09. The monoisotopic (exact) mass is 211 g/mol. The molecule has 1 N–H and O–H groups in total. The third kappa shape index (κ3) is 3.24. The molecule has 0 aromatic heterocycles. The molecule has 0 saturated heterocycles. The molecule has 0 bridgehead atoms. The molecule has 0 radical (unpaired) electrons. The highest BCUT2D eigenvalue weighted by Gasteiger charge is 2.04. The minimum atomic E-state index is -0.587. The van der Waals surface area contributed by atoms with Crippen LogP contribution in [0.5, 0.6) is 0 Å². The van der Waals surface area contributed by atoms with E-state index in [1.807, 2.05) is 36.4 Å². The van der Waals surface area contributed by atoms with Gasteiger partial charge in [-0.05, 0) is 11.1 Å². The normalized spacial score (nSPS) is 9.44. The second-order valence-corrected chi connectivity index (χ2v) is 3.34. The van der Waals surface area contributed by atoms with Crippen LogP contribution in [0.25, 0.3) is 6.08 Å². The zero-order chi connectivity index (χ0) is 11.8. The lowest BCUT2D eigenvalue weighted by molar-refractivity contribution is 0.642. The third-order valence-corrected chi connectivity index (χ3v) is 2.25. The topological polar surface area (TPSA) is 59.6 Å². The van der Waals surface area contributed by atoms with Crippen LogP contribution in [0.3, 0.4) is 0 Å². The Bertz CT molecular complexity index is 423. The van der Waals surface area contributed by atoms with E-state index in [0.717, 1.165) is 11.1 Å². The summed E-state index contributed by atoms with van der Waals surface area (Å²) in [6.07, 6.45) is 1.79. The molecule has 3 heteroatoms. The van der Waals surface area contributed by atoms with Crippen LogP contribution in [0.1, 0.15) is 11.1 Å². The van der Waals surface area contributed by atoms with Gasteiger partial charge in [0.25, 0.3) is 0 Å². The summed E-state index contributed by atoms with van der Waals surface area (Å²) < 4.78 is 0. The van der Waals surface area contributed by atoms with Crippen molar-refractivity contribution in [1.29, 1.82) is 10.5 Å². The number of hydrogen-bond acceptors (Lipinski definition) is 3. The summed E-state index contributed by atoms with van der Waals surface area (Å²) in [4.78, 5) is 0. The summed E-state index contributed by atoms with van der Waals surface area (Å²) in [7, 11) is 0. The Balaban J connectivity index is 2.53. The zero-order valence-corrected chi connectivity index (χ0v) is 8.98. The highest BCUT2D eigenvalue weighted by molar-refractivity contribution is 5.51. The van der Waals surface area contributed by atoms with Gasteiger partial charge in [0.2, 0.25) is 0 Å². The van der Waals surface area contributed by atoms with E-state index in [4.69, 9.17) is 10.5 Å². The Labute approximate surface area is 95.6 Å². The Morgan fingerprint density at radius 3 is 2.62 bits per heavy atom. The van der Waals surface area contributed by atoms with Crippen LogP contribution in [0.4, 0.5) is 0 Å². The molecule has 0 spiro atoms. The standard InChI is InChI=1S/C13H13N3/c1-2-12-5-3-4-6-13(12)10-16-9-11(7-14)8-15/h2-6,11,16H,1,9-10H2. The quantitative estimate of drug-likeness (QED) is 0.811. The van der Waals surface area contributed by atoms with Gasteiger partial charge in [0, 0.05) is 13.1 Å². The molecule has 0 aliphatic heterocycles. The average Bonchev–Trinajstić information content (AvgIpc) is 2.35. The molecule has 80 valence electrons. The van der Waals surface area contributed by atoms with Crippen molar-refractivity contribution in [2.75, 3.05) is 6.54 Å². The summed E-state index contributed by atoms with van der Waals surface area (Å²) >= 11 is 0. The smallest absolute Gasteiger partial charge is 0.145 e. The molecule has 1 aromatic rings. The van der Waals surface area contributed by atoms with E-state index in [1.54, 1.807) is 6.08 Å². The van der Waals surface area contributed by atoms with Crippen molar-refractivity contribution in [2.24, 2.45) is 5.92 Å². The Morgan fingerprint density at radius 1 is 1.31 bits per heavy atom. The fourth-order valence-electron chi connectivity index (χ4n) is 1.37. The van der Waals surface area contributed by atoms with Crippen molar-refractivity contribution in [2.45, 2.75) is 6.54 Å². The van der Waals surface area contributed by atoms with E-state index in [2.05, 4.69) is 11.9 Å². The van der Waals surface area contributed by atoms with Gasteiger partial charge in [-0.3, -0.25) is 0 Å². The molecule has 0 amide bonds. The highest BCUT2D eigenvalue weighted by atomic mass is 14.9. The molecule has 0 unspecified atom stereocenters. The van der Waals surface area contributed by atoms with Crippen LogP contribution in [0, 0.1) is 28.6 Å². The van der Waals surface area contributed by atoms with Gasteiger partial charge in [-0.15, -0.1) is 0 Å². The van der Waals surface area contributed by atoms with Gasteiger partial charge in [0.1, 0.15) is 5.92 Å². The van der Waals surface area contributed by atoms with E-state index >= 15 is 0 Å². The van der Waals surface area contributed by atoms with Crippen LogP contribution in [-0.2, 0) is 6.54 Å². The van der Waals surface area contributed by atoms with E-state index in [1.165, 1.54) is 0 Å². The molecular formula is C13H13N3. The van der Waals surface area contributed by atoms with Crippen molar-refractivity contribution >= 4 is 6.08 Å². The van der Waals surface area contributed by atoms with Crippen LogP contribution in [0.2, 0.25) is 0 Å². The summed E-state index contributed by atoms with van der Waals surface area (Å²) in [5.74, 6) is -0.587. The van der Waals surface area contributed by atoms with Gasteiger partial charge in [-0.25, -0.2) is 0 Å². The first-order valence-corrected chi connectivity index (χ1v) is 5.02. The maximum atomic E-state index is 8.60.